The van der Waals surface area contributed by atoms with E-state index in [0.717, 1.165) is 38.2 Å². The lowest BCUT2D eigenvalue weighted by atomic mass is 10.1. The normalized spacial score (nSPS) is 18.9. The number of hydrogen-bond donors (Lipinski definition) is 1. The first-order valence-electron chi connectivity index (χ1n) is 6.33. The molecule has 17 heavy (non-hydrogen) atoms. The van der Waals surface area contributed by atoms with Gasteiger partial charge in [-0.2, -0.15) is 0 Å². The molecule has 1 atom stereocenters. The summed E-state index contributed by atoms with van der Waals surface area (Å²) in [5, 5.41) is 0. The Bertz CT molecular complexity index is 346. The molecule has 3 heteroatoms. The maximum Gasteiger partial charge on any atom is 0.119 e. The van der Waals surface area contributed by atoms with E-state index in [-0.39, 0.29) is 6.04 Å². The lowest BCUT2D eigenvalue weighted by Crippen LogP contribution is -2.26. The van der Waals surface area contributed by atoms with E-state index < -0.39 is 0 Å². The summed E-state index contributed by atoms with van der Waals surface area (Å²) in [5.74, 6) is 0.954. The topological polar surface area (TPSA) is 44.5 Å². The van der Waals surface area contributed by atoms with Crippen LogP contribution in [0.1, 0.15) is 25.3 Å². The highest BCUT2D eigenvalue weighted by Crippen LogP contribution is 2.19. The van der Waals surface area contributed by atoms with Gasteiger partial charge in [0.05, 0.1) is 13.2 Å². The van der Waals surface area contributed by atoms with Crippen LogP contribution in [0.25, 0.3) is 0 Å². The molecule has 0 aliphatic carbocycles. The van der Waals surface area contributed by atoms with Gasteiger partial charge in [-0.15, -0.1) is 0 Å². The highest BCUT2D eigenvalue weighted by Gasteiger charge is 2.15. The third-order valence-electron chi connectivity index (χ3n) is 2.93. The summed E-state index contributed by atoms with van der Waals surface area (Å²) in [4.78, 5) is 0. The first-order valence-corrected chi connectivity index (χ1v) is 6.33. The maximum atomic E-state index is 5.96. The summed E-state index contributed by atoms with van der Waals surface area (Å²) >= 11 is 0. The molecule has 94 valence electrons. The molecule has 0 amide bonds. The van der Waals surface area contributed by atoms with Gasteiger partial charge in [0.2, 0.25) is 0 Å². The van der Waals surface area contributed by atoms with Gasteiger partial charge in [-0.3, -0.25) is 0 Å². The van der Waals surface area contributed by atoms with E-state index in [2.05, 4.69) is 12.1 Å². The third-order valence-corrected chi connectivity index (χ3v) is 2.93. The quantitative estimate of drug-likeness (QED) is 0.869. The fourth-order valence-corrected chi connectivity index (χ4v) is 2.10. The van der Waals surface area contributed by atoms with Crippen molar-refractivity contribution in [2.75, 3.05) is 13.2 Å². The van der Waals surface area contributed by atoms with E-state index in [4.69, 9.17) is 15.2 Å². The molecule has 2 N–H and O–H groups in total. The minimum Gasteiger partial charge on any atom is -0.490 e. The Morgan fingerprint density at radius 1 is 1.41 bits per heavy atom. The molecule has 1 aliphatic rings. The summed E-state index contributed by atoms with van der Waals surface area (Å²) < 4.78 is 11.3. The second-order valence-electron chi connectivity index (χ2n) is 4.76. The van der Waals surface area contributed by atoms with Crippen molar-refractivity contribution >= 4 is 0 Å². The van der Waals surface area contributed by atoms with E-state index in [1.54, 1.807) is 0 Å². The second-order valence-corrected chi connectivity index (χ2v) is 4.76. The maximum absolute atomic E-state index is 5.96. The van der Waals surface area contributed by atoms with Crippen LogP contribution < -0.4 is 10.5 Å². The van der Waals surface area contributed by atoms with Gasteiger partial charge in [-0.25, -0.2) is 0 Å². The minimum absolute atomic E-state index is 0.188. The van der Waals surface area contributed by atoms with Crippen molar-refractivity contribution in [3.8, 4) is 5.75 Å². The Labute approximate surface area is 103 Å². The van der Waals surface area contributed by atoms with Crippen molar-refractivity contribution in [2.45, 2.75) is 38.3 Å². The van der Waals surface area contributed by atoms with E-state index in [0.29, 0.717) is 6.10 Å². The number of benzene rings is 1. The Morgan fingerprint density at radius 2 is 2.18 bits per heavy atom. The predicted octanol–water partition coefficient (Wildman–Crippen LogP) is 2.13. The molecule has 3 nitrogen and oxygen atoms in total. The lowest BCUT2D eigenvalue weighted by Gasteiger charge is -2.23. The van der Waals surface area contributed by atoms with Crippen LogP contribution in [-0.2, 0) is 11.2 Å². The lowest BCUT2D eigenvalue weighted by molar-refractivity contribution is 0.0255. The Kier molecular flexibility index (Phi) is 4.40. The monoisotopic (exact) mass is 235 g/mol. The Balaban J connectivity index is 1.95. The second kappa shape index (κ2) is 6.03. The number of ether oxygens (including phenoxy) is 2. The van der Waals surface area contributed by atoms with Gasteiger partial charge < -0.3 is 15.2 Å². The molecule has 2 rings (SSSR count). The van der Waals surface area contributed by atoms with Crippen LogP contribution in [0.15, 0.2) is 24.3 Å². The van der Waals surface area contributed by atoms with Crippen LogP contribution in [0.5, 0.6) is 5.75 Å². The van der Waals surface area contributed by atoms with Crippen molar-refractivity contribution in [3.63, 3.8) is 0 Å². The van der Waals surface area contributed by atoms with Crippen molar-refractivity contribution in [1.29, 1.82) is 0 Å². The first kappa shape index (κ1) is 12.4. The fourth-order valence-electron chi connectivity index (χ4n) is 2.10. The van der Waals surface area contributed by atoms with E-state index in [9.17, 15) is 0 Å². The van der Waals surface area contributed by atoms with Crippen molar-refractivity contribution in [1.82, 2.24) is 0 Å². The molecule has 1 saturated heterocycles. The van der Waals surface area contributed by atoms with Crippen LogP contribution >= 0.6 is 0 Å². The molecule has 1 heterocycles. The predicted molar refractivity (Wildman–Crippen MR) is 68.3 cm³/mol. The number of hydrogen-bond acceptors (Lipinski definition) is 3. The van der Waals surface area contributed by atoms with Gasteiger partial charge in [0, 0.05) is 18.9 Å². The summed E-state index contributed by atoms with van der Waals surface area (Å²) in [6.07, 6.45) is 3.16. The molecule has 0 radical (unpaired) electrons. The summed E-state index contributed by atoms with van der Waals surface area (Å²) in [7, 11) is 0. The van der Waals surface area contributed by atoms with Gasteiger partial charge in [0.1, 0.15) is 11.9 Å². The molecule has 1 aromatic carbocycles. The average molecular weight is 235 g/mol. The molecule has 0 spiro atoms. The van der Waals surface area contributed by atoms with Crippen LogP contribution in [0.2, 0.25) is 0 Å². The smallest absolute Gasteiger partial charge is 0.119 e. The number of rotatable bonds is 4. The van der Waals surface area contributed by atoms with Crippen molar-refractivity contribution < 1.29 is 9.47 Å². The van der Waals surface area contributed by atoms with Gasteiger partial charge in [0.15, 0.2) is 0 Å². The standard InChI is InChI=1S/C14H21NO2/c1-11(15)9-12-3-2-4-14(10-12)17-13-5-7-16-8-6-13/h2-4,10-11,13H,5-9,15H2,1H3. The molecular formula is C14H21NO2. The summed E-state index contributed by atoms with van der Waals surface area (Å²) in [6.45, 7) is 3.64. The van der Waals surface area contributed by atoms with Crippen molar-refractivity contribution in [3.05, 3.63) is 29.8 Å². The van der Waals surface area contributed by atoms with Gasteiger partial charge >= 0.3 is 0 Å². The largest absolute Gasteiger partial charge is 0.490 e. The molecule has 0 bridgehead atoms. The zero-order valence-electron chi connectivity index (χ0n) is 10.4. The highest BCUT2D eigenvalue weighted by molar-refractivity contribution is 5.29. The Hall–Kier alpha value is -1.06. The summed E-state index contributed by atoms with van der Waals surface area (Å²) in [5.41, 5.74) is 7.04. The zero-order valence-corrected chi connectivity index (χ0v) is 10.4. The zero-order chi connectivity index (χ0) is 12.1. The molecule has 0 saturated carbocycles. The van der Waals surface area contributed by atoms with Crippen LogP contribution in [0, 0.1) is 0 Å². The third kappa shape index (κ3) is 4.02. The number of nitrogens with two attached hydrogens (primary N) is 1. The molecule has 1 aliphatic heterocycles. The molecular weight excluding hydrogens is 214 g/mol. The minimum atomic E-state index is 0.188. The summed E-state index contributed by atoms with van der Waals surface area (Å²) in [6, 6.07) is 8.43. The molecule has 1 unspecified atom stereocenters. The molecule has 1 aromatic rings. The molecule has 0 aromatic heterocycles. The van der Waals surface area contributed by atoms with Crippen LogP contribution in [0.3, 0.4) is 0 Å². The van der Waals surface area contributed by atoms with Gasteiger partial charge in [0.25, 0.3) is 0 Å². The van der Waals surface area contributed by atoms with Gasteiger partial charge in [-0.05, 0) is 31.0 Å². The fraction of sp³-hybridized carbons (Fsp3) is 0.571. The van der Waals surface area contributed by atoms with Gasteiger partial charge in [-0.1, -0.05) is 12.1 Å². The van der Waals surface area contributed by atoms with Crippen LogP contribution in [0.4, 0.5) is 0 Å². The highest BCUT2D eigenvalue weighted by atomic mass is 16.5. The first-order chi connectivity index (χ1) is 8.24. The average Bonchev–Trinajstić information content (AvgIpc) is 2.30. The van der Waals surface area contributed by atoms with E-state index in [1.807, 2.05) is 19.1 Å². The van der Waals surface area contributed by atoms with Crippen molar-refractivity contribution in [2.24, 2.45) is 5.73 Å². The molecule has 1 fully saturated rings. The van der Waals surface area contributed by atoms with E-state index >= 15 is 0 Å². The van der Waals surface area contributed by atoms with E-state index in [1.165, 1.54) is 5.56 Å². The Morgan fingerprint density at radius 3 is 2.88 bits per heavy atom. The van der Waals surface area contributed by atoms with Crippen LogP contribution in [-0.4, -0.2) is 25.4 Å². The SMILES string of the molecule is CC(N)Cc1cccc(OC2CCOCC2)c1.